The first-order valence-corrected chi connectivity index (χ1v) is 6.97. The zero-order valence-electron chi connectivity index (χ0n) is 12.5. The molecule has 7 nitrogen and oxygen atoms in total. The Bertz CT molecular complexity index is 652. The van der Waals surface area contributed by atoms with Crippen LogP contribution in [-0.2, 0) is 4.79 Å². The molecular weight excluding hydrogens is 284 g/mol. The highest BCUT2D eigenvalue weighted by atomic mass is 16.4. The summed E-state index contributed by atoms with van der Waals surface area (Å²) in [6, 6.07) is 6.77. The molecule has 2 aromatic rings. The van der Waals surface area contributed by atoms with Gasteiger partial charge in [0.2, 0.25) is 0 Å². The molecule has 0 bridgehead atoms. The average Bonchev–Trinajstić information content (AvgIpc) is 3.01. The van der Waals surface area contributed by atoms with E-state index in [0.29, 0.717) is 18.4 Å². The van der Waals surface area contributed by atoms with E-state index < -0.39 is 17.4 Å². The van der Waals surface area contributed by atoms with E-state index in [1.165, 1.54) is 6.92 Å². The van der Waals surface area contributed by atoms with Crippen LogP contribution in [0.2, 0.25) is 0 Å². The summed E-state index contributed by atoms with van der Waals surface area (Å²) in [5, 5.41) is 19.3. The van der Waals surface area contributed by atoms with Gasteiger partial charge in [0.25, 0.3) is 5.91 Å². The maximum absolute atomic E-state index is 12.2. The lowest BCUT2D eigenvalue weighted by molar-refractivity contribution is -0.144. The van der Waals surface area contributed by atoms with Gasteiger partial charge in [-0.05, 0) is 37.6 Å². The maximum Gasteiger partial charge on any atom is 0.329 e. The van der Waals surface area contributed by atoms with E-state index in [4.69, 9.17) is 0 Å². The quantitative estimate of drug-likeness (QED) is 0.845. The van der Waals surface area contributed by atoms with Crippen LogP contribution in [0.1, 0.15) is 37.0 Å². The number of carboxylic acids is 1. The number of hydrogen-bond acceptors (Lipinski definition) is 4. The number of hydrogen-bond donors (Lipinski definition) is 2. The molecule has 2 N–H and O–H groups in total. The van der Waals surface area contributed by atoms with Gasteiger partial charge in [-0.1, -0.05) is 13.3 Å². The maximum atomic E-state index is 12.2. The Kier molecular flexibility index (Phi) is 4.55. The monoisotopic (exact) mass is 302 g/mol. The number of rotatable bonds is 6. The fraction of sp³-hybridized carbons (Fsp3) is 0.333. The van der Waals surface area contributed by atoms with Crippen molar-refractivity contribution in [2.75, 3.05) is 0 Å². The van der Waals surface area contributed by atoms with Crippen LogP contribution in [-0.4, -0.2) is 37.3 Å². The summed E-state index contributed by atoms with van der Waals surface area (Å²) in [7, 11) is 0. The molecule has 1 unspecified atom stereocenters. The lowest BCUT2D eigenvalue weighted by Crippen LogP contribution is -2.52. The first-order valence-electron chi connectivity index (χ1n) is 6.97. The molecule has 1 atom stereocenters. The molecular formula is C15H18N4O3. The van der Waals surface area contributed by atoms with E-state index in [1.807, 2.05) is 6.92 Å². The average molecular weight is 302 g/mol. The van der Waals surface area contributed by atoms with Crippen LogP contribution in [0.25, 0.3) is 5.69 Å². The molecule has 116 valence electrons. The number of benzene rings is 1. The SMILES string of the molecule is CCCC(C)(NC(=O)c1ccc(-n2cnnc2)cc1)C(=O)O. The highest BCUT2D eigenvalue weighted by molar-refractivity contribution is 5.97. The molecule has 0 radical (unpaired) electrons. The van der Waals surface area contributed by atoms with E-state index in [9.17, 15) is 14.7 Å². The Morgan fingerprint density at radius 3 is 2.32 bits per heavy atom. The summed E-state index contributed by atoms with van der Waals surface area (Å²) in [6.45, 7) is 3.39. The third kappa shape index (κ3) is 3.30. The Balaban J connectivity index is 2.14. The molecule has 0 saturated carbocycles. The number of carbonyl (C=O) groups excluding carboxylic acids is 1. The lowest BCUT2D eigenvalue weighted by Gasteiger charge is -2.25. The van der Waals surface area contributed by atoms with Gasteiger partial charge in [0.1, 0.15) is 18.2 Å². The van der Waals surface area contributed by atoms with Crippen LogP contribution in [0.4, 0.5) is 0 Å². The summed E-state index contributed by atoms with van der Waals surface area (Å²) in [6.07, 6.45) is 4.14. The second-order valence-electron chi connectivity index (χ2n) is 5.26. The summed E-state index contributed by atoms with van der Waals surface area (Å²) in [4.78, 5) is 23.6. The van der Waals surface area contributed by atoms with Gasteiger partial charge in [-0.25, -0.2) is 4.79 Å². The van der Waals surface area contributed by atoms with Gasteiger partial charge in [0.15, 0.2) is 0 Å². The number of aromatic nitrogens is 3. The molecule has 1 amide bonds. The predicted molar refractivity (Wildman–Crippen MR) is 79.8 cm³/mol. The third-order valence-electron chi connectivity index (χ3n) is 3.46. The van der Waals surface area contributed by atoms with Crippen LogP contribution in [0.5, 0.6) is 0 Å². The van der Waals surface area contributed by atoms with Crippen molar-refractivity contribution in [1.29, 1.82) is 0 Å². The number of amides is 1. The van der Waals surface area contributed by atoms with Gasteiger partial charge in [-0.3, -0.25) is 9.36 Å². The minimum atomic E-state index is -1.27. The first kappa shape index (κ1) is 15.7. The minimum Gasteiger partial charge on any atom is -0.480 e. The molecule has 2 rings (SSSR count). The van der Waals surface area contributed by atoms with Crippen LogP contribution in [0.3, 0.4) is 0 Å². The van der Waals surface area contributed by atoms with Crippen LogP contribution in [0.15, 0.2) is 36.9 Å². The summed E-state index contributed by atoms with van der Waals surface area (Å²) >= 11 is 0. The van der Waals surface area contributed by atoms with Crippen molar-refractivity contribution >= 4 is 11.9 Å². The molecule has 0 saturated heterocycles. The Morgan fingerprint density at radius 1 is 1.23 bits per heavy atom. The number of nitrogens with one attached hydrogen (secondary N) is 1. The van der Waals surface area contributed by atoms with Crippen molar-refractivity contribution in [2.45, 2.75) is 32.2 Å². The number of carboxylic acid groups (broad SMARTS) is 1. The number of carbonyl (C=O) groups is 2. The van der Waals surface area contributed by atoms with Gasteiger partial charge in [0.05, 0.1) is 0 Å². The number of aliphatic carboxylic acids is 1. The fourth-order valence-electron chi connectivity index (χ4n) is 2.16. The summed E-state index contributed by atoms with van der Waals surface area (Å²) < 4.78 is 1.71. The van der Waals surface area contributed by atoms with Crippen LogP contribution in [0, 0.1) is 0 Å². The molecule has 1 heterocycles. The number of nitrogens with zero attached hydrogens (tertiary/aromatic N) is 3. The van der Waals surface area contributed by atoms with Crippen molar-refractivity contribution in [3.05, 3.63) is 42.5 Å². The molecule has 0 spiro atoms. The zero-order valence-corrected chi connectivity index (χ0v) is 12.5. The van der Waals surface area contributed by atoms with E-state index in [1.54, 1.807) is 41.5 Å². The fourth-order valence-corrected chi connectivity index (χ4v) is 2.16. The van der Waals surface area contributed by atoms with Crippen LogP contribution >= 0.6 is 0 Å². The molecule has 7 heteroatoms. The molecule has 0 aliphatic rings. The highest BCUT2D eigenvalue weighted by Gasteiger charge is 2.33. The standard InChI is InChI=1S/C15H18N4O3/c1-3-8-15(2,14(21)22)18-13(20)11-4-6-12(7-5-11)19-9-16-17-10-19/h4-7,9-10H,3,8H2,1-2H3,(H,18,20)(H,21,22). The molecule has 1 aromatic carbocycles. The topological polar surface area (TPSA) is 97.1 Å². The third-order valence-corrected chi connectivity index (χ3v) is 3.46. The van der Waals surface area contributed by atoms with E-state index in [0.717, 1.165) is 5.69 Å². The lowest BCUT2D eigenvalue weighted by atomic mass is 9.95. The molecule has 1 aromatic heterocycles. The van der Waals surface area contributed by atoms with Crippen molar-refractivity contribution in [3.63, 3.8) is 0 Å². The van der Waals surface area contributed by atoms with Crippen LogP contribution < -0.4 is 5.32 Å². The highest BCUT2D eigenvalue weighted by Crippen LogP contribution is 2.15. The van der Waals surface area contributed by atoms with Gasteiger partial charge >= 0.3 is 5.97 Å². The second kappa shape index (κ2) is 6.38. The van der Waals surface area contributed by atoms with Crippen molar-refractivity contribution < 1.29 is 14.7 Å². The van der Waals surface area contributed by atoms with Gasteiger partial charge in [-0.15, -0.1) is 10.2 Å². The van der Waals surface area contributed by atoms with E-state index in [2.05, 4.69) is 15.5 Å². The van der Waals surface area contributed by atoms with Gasteiger partial charge < -0.3 is 10.4 Å². The summed E-state index contributed by atoms with van der Waals surface area (Å²) in [5.74, 6) is -1.45. The largest absolute Gasteiger partial charge is 0.480 e. The first-order chi connectivity index (χ1) is 10.5. The Labute approximate surface area is 128 Å². The predicted octanol–water partition coefficient (Wildman–Crippen LogP) is 1.64. The smallest absolute Gasteiger partial charge is 0.329 e. The van der Waals surface area contributed by atoms with Crippen molar-refractivity contribution in [3.8, 4) is 5.69 Å². The molecule has 22 heavy (non-hydrogen) atoms. The van der Waals surface area contributed by atoms with Gasteiger partial charge in [-0.2, -0.15) is 0 Å². The second-order valence-corrected chi connectivity index (χ2v) is 5.26. The zero-order chi connectivity index (χ0) is 16.2. The van der Waals surface area contributed by atoms with E-state index in [-0.39, 0.29) is 0 Å². The Morgan fingerprint density at radius 2 is 1.82 bits per heavy atom. The van der Waals surface area contributed by atoms with Gasteiger partial charge in [0, 0.05) is 11.3 Å². The minimum absolute atomic E-state index is 0.368. The van der Waals surface area contributed by atoms with E-state index >= 15 is 0 Å². The summed E-state index contributed by atoms with van der Waals surface area (Å²) in [5.41, 5.74) is -0.0461. The van der Waals surface area contributed by atoms with Crippen molar-refractivity contribution in [1.82, 2.24) is 20.1 Å². The molecule has 0 fully saturated rings. The Hall–Kier alpha value is -2.70. The molecule has 0 aliphatic carbocycles. The van der Waals surface area contributed by atoms with Crippen molar-refractivity contribution in [2.24, 2.45) is 0 Å². The normalized spacial score (nSPS) is 13.4. The molecule has 0 aliphatic heterocycles.